The molecule has 0 aliphatic heterocycles. The lowest BCUT2D eigenvalue weighted by Crippen LogP contribution is -2.12. The van der Waals surface area contributed by atoms with Crippen molar-refractivity contribution in [3.05, 3.63) is 11.9 Å². The molecular formula is C17H32N2O2. The number of hydrogen-bond donors (Lipinski definition) is 1. The minimum absolute atomic E-state index is 0.229. The average Bonchev–Trinajstić information content (AvgIpc) is 2.90. The van der Waals surface area contributed by atoms with E-state index in [1.54, 1.807) is 13.3 Å². The molecule has 1 rings (SSSR count). The van der Waals surface area contributed by atoms with Gasteiger partial charge in [0.15, 0.2) is 5.75 Å². The largest absolute Gasteiger partial charge is 0.493 e. The van der Waals surface area contributed by atoms with Crippen molar-refractivity contribution < 1.29 is 9.84 Å². The van der Waals surface area contributed by atoms with Gasteiger partial charge in [0.05, 0.1) is 19.4 Å². The summed E-state index contributed by atoms with van der Waals surface area (Å²) in [7, 11) is 1.63. The van der Waals surface area contributed by atoms with Crippen LogP contribution in [0.15, 0.2) is 6.20 Å². The van der Waals surface area contributed by atoms with Crippen LogP contribution in [-0.4, -0.2) is 22.0 Å². The standard InChI is InChI=1S/C17H32N2O2/c1-5-6-7-8-9-10-11-12-15(20)17-16(21-4)13-18-19(17)14(2)3/h13-15,20H,5-12H2,1-4H3. The fourth-order valence-electron chi connectivity index (χ4n) is 2.67. The van der Waals surface area contributed by atoms with E-state index in [9.17, 15) is 5.11 Å². The van der Waals surface area contributed by atoms with E-state index in [0.717, 1.165) is 18.5 Å². The number of nitrogens with zero attached hydrogens (tertiary/aromatic N) is 2. The van der Waals surface area contributed by atoms with Gasteiger partial charge in [0.25, 0.3) is 0 Å². The first-order valence-electron chi connectivity index (χ1n) is 8.41. The van der Waals surface area contributed by atoms with Crippen molar-refractivity contribution in [1.29, 1.82) is 0 Å². The van der Waals surface area contributed by atoms with E-state index in [1.165, 1.54) is 38.5 Å². The number of unbranched alkanes of at least 4 members (excludes halogenated alkanes) is 6. The first-order chi connectivity index (χ1) is 10.1. The van der Waals surface area contributed by atoms with Gasteiger partial charge < -0.3 is 9.84 Å². The van der Waals surface area contributed by atoms with Crippen LogP contribution in [0.5, 0.6) is 5.75 Å². The second-order valence-electron chi connectivity index (χ2n) is 6.06. The number of rotatable bonds is 11. The second-order valence-corrected chi connectivity index (χ2v) is 6.06. The fourth-order valence-corrected chi connectivity index (χ4v) is 2.67. The molecule has 1 aromatic rings. The van der Waals surface area contributed by atoms with Gasteiger partial charge in [-0.15, -0.1) is 0 Å². The summed E-state index contributed by atoms with van der Waals surface area (Å²) in [5, 5.41) is 14.8. The Morgan fingerprint density at radius 3 is 2.33 bits per heavy atom. The molecule has 1 aromatic heterocycles. The summed E-state index contributed by atoms with van der Waals surface area (Å²) in [6.45, 7) is 6.37. The molecular weight excluding hydrogens is 264 g/mol. The summed E-state index contributed by atoms with van der Waals surface area (Å²) >= 11 is 0. The zero-order chi connectivity index (χ0) is 15.7. The van der Waals surface area contributed by atoms with Gasteiger partial charge in [-0.3, -0.25) is 4.68 Å². The van der Waals surface area contributed by atoms with Gasteiger partial charge in [0.1, 0.15) is 5.69 Å². The van der Waals surface area contributed by atoms with Gasteiger partial charge in [-0.05, 0) is 20.3 Å². The van der Waals surface area contributed by atoms with Crippen molar-refractivity contribution in [3.8, 4) is 5.75 Å². The molecule has 21 heavy (non-hydrogen) atoms. The van der Waals surface area contributed by atoms with E-state index < -0.39 is 6.10 Å². The number of aliphatic hydroxyl groups is 1. The second kappa shape index (κ2) is 9.82. The molecule has 0 aliphatic carbocycles. The van der Waals surface area contributed by atoms with Crippen LogP contribution in [-0.2, 0) is 0 Å². The summed E-state index contributed by atoms with van der Waals surface area (Å²) in [4.78, 5) is 0. The number of aromatic nitrogens is 2. The Labute approximate surface area is 129 Å². The highest BCUT2D eigenvalue weighted by Crippen LogP contribution is 2.30. The summed E-state index contributed by atoms with van der Waals surface area (Å²) in [6.07, 6.45) is 10.8. The van der Waals surface area contributed by atoms with Crippen LogP contribution in [0.1, 0.15) is 90.0 Å². The third-order valence-electron chi connectivity index (χ3n) is 3.90. The molecule has 1 heterocycles. The highest BCUT2D eigenvalue weighted by molar-refractivity contribution is 5.27. The van der Waals surface area contributed by atoms with Crippen LogP contribution >= 0.6 is 0 Å². The topological polar surface area (TPSA) is 47.3 Å². The summed E-state index contributed by atoms with van der Waals surface area (Å²) in [6, 6.07) is 0.229. The average molecular weight is 296 g/mol. The SMILES string of the molecule is CCCCCCCCCC(O)c1c(OC)cnn1C(C)C. The molecule has 0 saturated heterocycles. The maximum atomic E-state index is 10.5. The quantitative estimate of drug-likeness (QED) is 0.605. The van der Waals surface area contributed by atoms with E-state index in [0.29, 0.717) is 5.75 Å². The Kier molecular flexibility index (Phi) is 8.43. The summed E-state index contributed by atoms with van der Waals surface area (Å²) in [5.74, 6) is 0.694. The van der Waals surface area contributed by atoms with Crippen LogP contribution in [0.2, 0.25) is 0 Å². The normalized spacial score (nSPS) is 12.9. The predicted molar refractivity (Wildman–Crippen MR) is 86.7 cm³/mol. The maximum Gasteiger partial charge on any atom is 0.162 e. The van der Waals surface area contributed by atoms with Crippen LogP contribution in [0, 0.1) is 0 Å². The van der Waals surface area contributed by atoms with Gasteiger partial charge >= 0.3 is 0 Å². The first-order valence-corrected chi connectivity index (χ1v) is 8.41. The number of hydrogen-bond acceptors (Lipinski definition) is 3. The van der Waals surface area contributed by atoms with Gasteiger partial charge in [0.2, 0.25) is 0 Å². The third kappa shape index (κ3) is 5.70. The van der Waals surface area contributed by atoms with Crippen LogP contribution in [0.25, 0.3) is 0 Å². The molecule has 1 atom stereocenters. The zero-order valence-electron chi connectivity index (χ0n) is 14.1. The van der Waals surface area contributed by atoms with Crippen molar-refractivity contribution in [2.75, 3.05) is 7.11 Å². The Bertz CT molecular complexity index is 388. The van der Waals surface area contributed by atoms with E-state index >= 15 is 0 Å². The lowest BCUT2D eigenvalue weighted by molar-refractivity contribution is 0.146. The summed E-state index contributed by atoms with van der Waals surface area (Å²) < 4.78 is 7.19. The molecule has 4 heteroatoms. The molecule has 0 spiro atoms. The molecule has 0 radical (unpaired) electrons. The molecule has 0 aliphatic rings. The van der Waals surface area contributed by atoms with Crippen molar-refractivity contribution in [2.24, 2.45) is 0 Å². The predicted octanol–water partition coefficient (Wildman–Crippen LogP) is 4.65. The van der Waals surface area contributed by atoms with Gasteiger partial charge in [-0.25, -0.2) is 0 Å². The molecule has 0 saturated carbocycles. The van der Waals surface area contributed by atoms with Crippen molar-refractivity contribution in [2.45, 2.75) is 84.3 Å². The Morgan fingerprint density at radius 1 is 1.14 bits per heavy atom. The van der Waals surface area contributed by atoms with E-state index in [-0.39, 0.29) is 6.04 Å². The van der Waals surface area contributed by atoms with Crippen molar-refractivity contribution in [1.82, 2.24) is 9.78 Å². The molecule has 122 valence electrons. The highest BCUT2D eigenvalue weighted by Gasteiger charge is 2.20. The van der Waals surface area contributed by atoms with Gasteiger partial charge in [0, 0.05) is 6.04 Å². The molecule has 1 N–H and O–H groups in total. The van der Waals surface area contributed by atoms with Crippen LogP contribution in [0.3, 0.4) is 0 Å². The third-order valence-corrected chi connectivity index (χ3v) is 3.90. The molecule has 0 bridgehead atoms. The zero-order valence-corrected chi connectivity index (χ0v) is 14.1. The van der Waals surface area contributed by atoms with Crippen LogP contribution in [0.4, 0.5) is 0 Å². The molecule has 0 fully saturated rings. The number of aliphatic hydroxyl groups excluding tert-OH is 1. The Balaban J connectivity index is 2.41. The highest BCUT2D eigenvalue weighted by atomic mass is 16.5. The van der Waals surface area contributed by atoms with Gasteiger partial charge in [-0.2, -0.15) is 5.10 Å². The van der Waals surface area contributed by atoms with Gasteiger partial charge in [-0.1, -0.05) is 51.9 Å². The van der Waals surface area contributed by atoms with E-state index in [4.69, 9.17) is 4.74 Å². The first kappa shape index (κ1) is 18.0. The lowest BCUT2D eigenvalue weighted by atomic mass is 10.0. The monoisotopic (exact) mass is 296 g/mol. The minimum Gasteiger partial charge on any atom is -0.493 e. The summed E-state index contributed by atoms with van der Waals surface area (Å²) in [5.41, 5.74) is 0.818. The fraction of sp³-hybridized carbons (Fsp3) is 0.824. The molecule has 0 amide bonds. The molecule has 1 unspecified atom stereocenters. The van der Waals surface area contributed by atoms with Crippen LogP contribution < -0.4 is 4.74 Å². The Morgan fingerprint density at radius 2 is 1.76 bits per heavy atom. The maximum absolute atomic E-state index is 10.5. The number of ether oxygens (including phenoxy) is 1. The van der Waals surface area contributed by atoms with E-state index in [1.807, 2.05) is 4.68 Å². The van der Waals surface area contributed by atoms with E-state index in [2.05, 4.69) is 25.9 Å². The number of methoxy groups -OCH3 is 1. The minimum atomic E-state index is -0.486. The Hall–Kier alpha value is -1.03. The van der Waals surface area contributed by atoms with Crippen molar-refractivity contribution >= 4 is 0 Å². The smallest absolute Gasteiger partial charge is 0.162 e. The lowest BCUT2D eigenvalue weighted by Gasteiger charge is -2.17. The molecule has 4 nitrogen and oxygen atoms in total. The van der Waals surface area contributed by atoms with Crippen molar-refractivity contribution in [3.63, 3.8) is 0 Å². The molecule has 0 aromatic carbocycles.